The molecule has 1 saturated carbocycles. The van der Waals surface area contributed by atoms with Gasteiger partial charge in [-0.15, -0.1) is 0 Å². The molecule has 6 nitrogen and oxygen atoms in total. The van der Waals surface area contributed by atoms with Gasteiger partial charge in [-0.3, -0.25) is 4.90 Å². The first-order valence-corrected chi connectivity index (χ1v) is 10.7. The number of rotatable bonds is 7. The number of hydrogen-bond donors (Lipinski definition) is 1. The molecule has 1 aromatic carbocycles. The van der Waals surface area contributed by atoms with Crippen molar-refractivity contribution in [2.24, 2.45) is 0 Å². The number of carbonyl (C=O) groups is 1. The third kappa shape index (κ3) is 6.11. The second-order valence-electron chi connectivity index (χ2n) is 7.86. The second-order valence-corrected chi connectivity index (χ2v) is 7.86. The van der Waals surface area contributed by atoms with Crippen molar-refractivity contribution in [1.82, 2.24) is 9.80 Å². The normalized spacial score (nSPS) is 20.0. The number of benzene rings is 1. The van der Waals surface area contributed by atoms with Crippen molar-refractivity contribution in [3.63, 3.8) is 0 Å². The number of piperazine rings is 1. The monoisotopic (exact) mass is 390 g/mol. The first-order chi connectivity index (χ1) is 13.7. The first kappa shape index (κ1) is 20.9. The van der Waals surface area contributed by atoms with E-state index in [1.165, 1.54) is 37.7 Å². The van der Waals surface area contributed by atoms with Crippen LogP contribution in [0.5, 0.6) is 5.75 Å². The molecule has 0 radical (unpaired) electrons. The molecule has 3 rings (SSSR count). The highest BCUT2D eigenvalue weighted by Crippen LogP contribution is 2.33. The summed E-state index contributed by atoms with van der Waals surface area (Å²) in [6, 6.07) is 8.39. The molecule has 0 bridgehead atoms. The van der Waals surface area contributed by atoms with E-state index in [1.54, 1.807) is 4.90 Å². The van der Waals surface area contributed by atoms with Crippen molar-refractivity contribution in [2.75, 3.05) is 45.9 Å². The van der Waals surface area contributed by atoms with Gasteiger partial charge in [0.1, 0.15) is 18.5 Å². The van der Waals surface area contributed by atoms with E-state index in [0.29, 0.717) is 32.2 Å². The fourth-order valence-electron chi connectivity index (χ4n) is 4.14. The topological polar surface area (TPSA) is 62.2 Å². The third-order valence-corrected chi connectivity index (χ3v) is 5.77. The molecule has 0 spiro atoms. The van der Waals surface area contributed by atoms with Crippen molar-refractivity contribution in [2.45, 2.75) is 51.0 Å². The van der Waals surface area contributed by atoms with Crippen molar-refractivity contribution in [3.05, 3.63) is 29.8 Å². The van der Waals surface area contributed by atoms with E-state index in [2.05, 4.69) is 17.0 Å². The summed E-state index contributed by atoms with van der Waals surface area (Å²) >= 11 is 0. The molecule has 1 aliphatic heterocycles. The molecule has 6 heteroatoms. The van der Waals surface area contributed by atoms with E-state index in [1.807, 2.05) is 19.1 Å². The number of ether oxygens (including phenoxy) is 2. The minimum absolute atomic E-state index is 0.247. The van der Waals surface area contributed by atoms with Gasteiger partial charge in [0, 0.05) is 32.7 Å². The minimum Gasteiger partial charge on any atom is -0.491 e. The maximum absolute atomic E-state index is 11.7. The van der Waals surface area contributed by atoms with Crippen LogP contribution in [0.3, 0.4) is 0 Å². The Hall–Kier alpha value is -1.79. The van der Waals surface area contributed by atoms with Crippen LogP contribution in [-0.2, 0) is 4.74 Å². The van der Waals surface area contributed by atoms with Crippen molar-refractivity contribution in [1.29, 1.82) is 0 Å². The molecule has 2 fully saturated rings. The fraction of sp³-hybridized carbons (Fsp3) is 0.682. The van der Waals surface area contributed by atoms with E-state index >= 15 is 0 Å². The highest BCUT2D eigenvalue weighted by atomic mass is 16.6. The Morgan fingerprint density at radius 3 is 2.43 bits per heavy atom. The third-order valence-electron chi connectivity index (χ3n) is 5.77. The zero-order chi connectivity index (χ0) is 19.8. The van der Waals surface area contributed by atoms with Crippen LogP contribution in [-0.4, -0.2) is 73.0 Å². The molecule has 1 aliphatic carbocycles. The highest BCUT2D eigenvalue weighted by molar-refractivity contribution is 5.67. The van der Waals surface area contributed by atoms with Crippen LogP contribution in [0.15, 0.2) is 24.3 Å². The predicted octanol–water partition coefficient (Wildman–Crippen LogP) is 3.25. The summed E-state index contributed by atoms with van der Waals surface area (Å²) in [6.45, 7) is 5.80. The van der Waals surface area contributed by atoms with Gasteiger partial charge in [0.2, 0.25) is 0 Å². The summed E-state index contributed by atoms with van der Waals surface area (Å²) in [5.74, 6) is 1.51. The highest BCUT2D eigenvalue weighted by Gasteiger charge is 2.23. The molecule has 156 valence electrons. The van der Waals surface area contributed by atoms with Crippen molar-refractivity contribution in [3.8, 4) is 5.75 Å². The Morgan fingerprint density at radius 1 is 1.11 bits per heavy atom. The van der Waals surface area contributed by atoms with Crippen molar-refractivity contribution < 1.29 is 19.4 Å². The largest absolute Gasteiger partial charge is 0.491 e. The van der Waals surface area contributed by atoms with Gasteiger partial charge < -0.3 is 19.5 Å². The number of β-amino-alcohol motifs (C(OH)–C–C–N with tert-alkyl or cyclic N) is 1. The molecule has 1 aromatic rings. The first-order valence-electron chi connectivity index (χ1n) is 10.7. The molecule has 1 amide bonds. The van der Waals surface area contributed by atoms with Gasteiger partial charge in [0.15, 0.2) is 0 Å². The Bertz CT molecular complexity index is 593. The SMILES string of the molecule is CCOC(=O)N1CCN(C[C@@H](O)COc2ccc(C3CCCCC3)cc2)CC1. The Morgan fingerprint density at radius 2 is 1.79 bits per heavy atom. The van der Waals surface area contributed by atoms with E-state index in [-0.39, 0.29) is 12.7 Å². The molecule has 1 heterocycles. The molecular formula is C22H34N2O4. The van der Waals surface area contributed by atoms with Crippen LogP contribution in [0.1, 0.15) is 50.5 Å². The van der Waals surface area contributed by atoms with E-state index < -0.39 is 6.10 Å². The molecule has 0 aromatic heterocycles. The van der Waals surface area contributed by atoms with Crippen LogP contribution in [0, 0.1) is 0 Å². The van der Waals surface area contributed by atoms with Gasteiger partial charge in [-0.25, -0.2) is 4.79 Å². The van der Waals surface area contributed by atoms with Crippen LogP contribution >= 0.6 is 0 Å². The Kier molecular flexibility index (Phi) is 7.98. The van der Waals surface area contributed by atoms with Gasteiger partial charge >= 0.3 is 6.09 Å². The average molecular weight is 391 g/mol. The van der Waals surface area contributed by atoms with Crippen LogP contribution < -0.4 is 4.74 Å². The number of carbonyl (C=O) groups excluding carboxylic acids is 1. The molecule has 28 heavy (non-hydrogen) atoms. The van der Waals surface area contributed by atoms with E-state index in [4.69, 9.17) is 9.47 Å². The average Bonchev–Trinajstić information content (AvgIpc) is 2.74. The minimum atomic E-state index is -0.549. The molecule has 2 aliphatic rings. The van der Waals surface area contributed by atoms with Crippen LogP contribution in [0.25, 0.3) is 0 Å². The lowest BCUT2D eigenvalue weighted by atomic mass is 9.84. The number of aliphatic hydroxyl groups excluding tert-OH is 1. The zero-order valence-electron chi connectivity index (χ0n) is 17.0. The molecule has 1 atom stereocenters. The summed E-state index contributed by atoms with van der Waals surface area (Å²) in [7, 11) is 0. The zero-order valence-corrected chi connectivity index (χ0v) is 17.0. The number of amides is 1. The lowest BCUT2D eigenvalue weighted by Crippen LogP contribution is -2.51. The van der Waals surface area contributed by atoms with E-state index in [0.717, 1.165) is 18.8 Å². The Labute approximate surface area is 168 Å². The van der Waals surface area contributed by atoms with Gasteiger partial charge in [0.05, 0.1) is 6.61 Å². The van der Waals surface area contributed by atoms with Gasteiger partial charge in [0.25, 0.3) is 0 Å². The smallest absolute Gasteiger partial charge is 0.409 e. The predicted molar refractivity (Wildman–Crippen MR) is 109 cm³/mol. The quantitative estimate of drug-likeness (QED) is 0.774. The summed E-state index contributed by atoms with van der Waals surface area (Å²) in [5, 5.41) is 10.3. The van der Waals surface area contributed by atoms with Gasteiger partial charge in [-0.2, -0.15) is 0 Å². The summed E-state index contributed by atoms with van der Waals surface area (Å²) in [5.41, 5.74) is 1.41. The van der Waals surface area contributed by atoms with Crippen LogP contribution in [0.2, 0.25) is 0 Å². The van der Waals surface area contributed by atoms with Gasteiger partial charge in [-0.05, 0) is 43.4 Å². The number of nitrogens with zero attached hydrogens (tertiary/aromatic N) is 2. The van der Waals surface area contributed by atoms with Gasteiger partial charge in [-0.1, -0.05) is 31.4 Å². The second kappa shape index (κ2) is 10.7. The molecule has 1 saturated heterocycles. The summed E-state index contributed by atoms with van der Waals surface area (Å²) < 4.78 is 10.8. The Balaban J connectivity index is 1.36. The lowest BCUT2D eigenvalue weighted by molar-refractivity contribution is 0.0407. The standard InChI is InChI=1S/C22H34N2O4/c1-2-27-22(26)24-14-12-23(13-15-24)16-20(25)17-28-21-10-8-19(9-11-21)18-6-4-3-5-7-18/h8-11,18,20,25H,2-7,12-17H2,1H3/t20-/m1/s1. The van der Waals surface area contributed by atoms with E-state index in [9.17, 15) is 9.90 Å². The lowest BCUT2D eigenvalue weighted by Gasteiger charge is -2.34. The number of aliphatic hydroxyl groups is 1. The van der Waals surface area contributed by atoms with Crippen molar-refractivity contribution >= 4 is 6.09 Å². The molecule has 0 unspecified atom stereocenters. The van der Waals surface area contributed by atoms with Crippen LogP contribution in [0.4, 0.5) is 4.79 Å². The molecule has 1 N–H and O–H groups in total. The fourth-order valence-corrected chi connectivity index (χ4v) is 4.14. The maximum Gasteiger partial charge on any atom is 0.409 e. The summed E-state index contributed by atoms with van der Waals surface area (Å²) in [6.07, 6.45) is 5.83. The number of hydrogen-bond acceptors (Lipinski definition) is 5. The molecular weight excluding hydrogens is 356 g/mol. The maximum atomic E-state index is 11.7. The summed E-state index contributed by atoms with van der Waals surface area (Å²) in [4.78, 5) is 15.6.